The maximum Gasteiger partial charge on any atom is 0.471 e. The Labute approximate surface area is 127 Å². The van der Waals surface area contributed by atoms with Gasteiger partial charge >= 0.3 is 12.1 Å². The summed E-state index contributed by atoms with van der Waals surface area (Å²) in [6, 6.07) is 6.61. The lowest BCUT2D eigenvalue weighted by Gasteiger charge is -2.15. The van der Waals surface area contributed by atoms with Crippen molar-refractivity contribution in [2.75, 3.05) is 10.6 Å². The number of aromatic amines is 1. The van der Waals surface area contributed by atoms with E-state index in [1.165, 1.54) is 24.3 Å². The molecule has 0 radical (unpaired) electrons. The van der Waals surface area contributed by atoms with E-state index in [1.54, 1.807) is 12.2 Å². The molecule has 10 heteroatoms. The van der Waals surface area contributed by atoms with E-state index in [4.69, 9.17) is 4.74 Å². The summed E-state index contributed by atoms with van der Waals surface area (Å²) >= 11 is 0. The van der Waals surface area contributed by atoms with Crippen LogP contribution in [0.5, 0.6) is 5.88 Å². The van der Waals surface area contributed by atoms with Gasteiger partial charge in [0.15, 0.2) is 6.23 Å². The van der Waals surface area contributed by atoms with Crippen LogP contribution in [0, 0.1) is 5.82 Å². The normalized spacial score (nSPS) is 12.6. The molecule has 6 nitrogen and oxygen atoms in total. The Balaban J connectivity index is 1.90. The third kappa shape index (κ3) is 4.87. The number of H-pyrrole nitrogens is 1. The number of alkyl halides is 3. The van der Waals surface area contributed by atoms with Crippen molar-refractivity contribution in [1.29, 1.82) is 0 Å². The van der Waals surface area contributed by atoms with Crippen LogP contribution < -0.4 is 15.4 Å². The summed E-state index contributed by atoms with van der Waals surface area (Å²) in [5.74, 6) is -2.78. The Kier molecular flexibility index (Phi) is 4.72. The third-order valence-electron chi connectivity index (χ3n) is 2.57. The Morgan fingerprint density at radius 3 is 2.57 bits per heavy atom. The molecule has 1 amide bonds. The van der Waals surface area contributed by atoms with Crippen LogP contribution in [0.1, 0.15) is 6.92 Å². The van der Waals surface area contributed by atoms with Gasteiger partial charge in [-0.3, -0.25) is 9.89 Å². The predicted octanol–water partition coefficient (Wildman–Crippen LogP) is 2.89. The molecule has 2 rings (SSSR count). The van der Waals surface area contributed by atoms with Crippen molar-refractivity contribution in [2.45, 2.75) is 19.3 Å². The highest BCUT2D eigenvalue weighted by Gasteiger charge is 2.39. The minimum Gasteiger partial charge on any atom is -0.453 e. The molecule has 0 saturated carbocycles. The fraction of sp³-hybridized carbons (Fsp3) is 0.231. The van der Waals surface area contributed by atoms with E-state index in [2.05, 4.69) is 15.5 Å². The maximum absolute atomic E-state index is 12.8. The van der Waals surface area contributed by atoms with E-state index < -0.39 is 18.3 Å². The van der Waals surface area contributed by atoms with Crippen LogP contribution in [-0.2, 0) is 4.79 Å². The predicted molar refractivity (Wildman–Crippen MR) is 73.4 cm³/mol. The van der Waals surface area contributed by atoms with Gasteiger partial charge in [0.25, 0.3) is 0 Å². The summed E-state index contributed by atoms with van der Waals surface area (Å²) in [6.07, 6.45) is -5.60. The van der Waals surface area contributed by atoms with Gasteiger partial charge in [0.2, 0.25) is 5.88 Å². The Morgan fingerprint density at radius 1 is 1.30 bits per heavy atom. The Hall–Kier alpha value is -2.78. The summed E-state index contributed by atoms with van der Waals surface area (Å²) in [7, 11) is 0. The minimum atomic E-state index is -5.00. The van der Waals surface area contributed by atoms with Crippen molar-refractivity contribution in [3.63, 3.8) is 0 Å². The zero-order valence-corrected chi connectivity index (χ0v) is 11.7. The number of anilines is 2. The summed E-state index contributed by atoms with van der Waals surface area (Å²) in [5, 5.41) is 10.3. The first-order chi connectivity index (χ1) is 10.7. The number of nitrogens with zero attached hydrogens (tertiary/aromatic N) is 1. The van der Waals surface area contributed by atoms with Crippen LogP contribution in [0.25, 0.3) is 0 Å². The quantitative estimate of drug-likeness (QED) is 0.581. The van der Waals surface area contributed by atoms with E-state index in [9.17, 15) is 22.4 Å². The van der Waals surface area contributed by atoms with E-state index in [1.807, 2.05) is 0 Å². The number of benzene rings is 1. The van der Waals surface area contributed by atoms with Crippen LogP contribution >= 0.6 is 0 Å². The first-order valence-electron chi connectivity index (χ1n) is 6.36. The molecule has 1 aromatic carbocycles. The molecule has 0 aliphatic heterocycles. The average Bonchev–Trinajstić information content (AvgIpc) is 2.87. The van der Waals surface area contributed by atoms with E-state index in [0.717, 1.165) is 6.07 Å². The number of aromatic nitrogens is 2. The summed E-state index contributed by atoms with van der Waals surface area (Å²) in [4.78, 5) is 10.8. The molecule has 1 unspecified atom stereocenters. The highest BCUT2D eigenvalue weighted by molar-refractivity contribution is 5.94. The third-order valence-corrected chi connectivity index (χ3v) is 2.57. The SMILES string of the molecule is CC(Nc1ccc(F)cc1)Oc1cc(NC(=O)C(F)(F)F)[nH]n1. The molecular weight excluding hydrogens is 320 g/mol. The van der Waals surface area contributed by atoms with Gasteiger partial charge in [-0.2, -0.15) is 13.2 Å². The van der Waals surface area contributed by atoms with Crippen molar-refractivity contribution in [3.8, 4) is 5.88 Å². The number of hydrogen-bond acceptors (Lipinski definition) is 4. The van der Waals surface area contributed by atoms with E-state index in [-0.39, 0.29) is 17.5 Å². The monoisotopic (exact) mass is 332 g/mol. The second-order valence-electron chi connectivity index (χ2n) is 4.48. The summed E-state index contributed by atoms with van der Waals surface area (Å²) in [6.45, 7) is 1.62. The molecular formula is C13H12F4N4O2. The van der Waals surface area contributed by atoms with Crippen LogP contribution in [-0.4, -0.2) is 28.5 Å². The number of nitrogens with one attached hydrogen (secondary N) is 3. The summed E-state index contributed by atoms with van der Waals surface area (Å²) in [5.41, 5.74) is 0.583. The summed E-state index contributed by atoms with van der Waals surface area (Å²) < 4.78 is 54.4. The molecule has 124 valence electrons. The van der Waals surface area contributed by atoms with Gasteiger partial charge in [-0.15, -0.1) is 5.10 Å². The first kappa shape index (κ1) is 16.6. The zero-order valence-electron chi connectivity index (χ0n) is 11.7. The Morgan fingerprint density at radius 2 is 1.96 bits per heavy atom. The fourth-order valence-electron chi connectivity index (χ4n) is 1.61. The number of carbonyl (C=O) groups is 1. The fourth-order valence-corrected chi connectivity index (χ4v) is 1.61. The number of rotatable bonds is 5. The first-order valence-corrected chi connectivity index (χ1v) is 6.36. The average molecular weight is 332 g/mol. The molecule has 23 heavy (non-hydrogen) atoms. The lowest BCUT2D eigenvalue weighted by Crippen LogP contribution is -2.30. The van der Waals surface area contributed by atoms with Gasteiger partial charge in [-0.1, -0.05) is 0 Å². The van der Waals surface area contributed by atoms with Crippen LogP contribution in [0.15, 0.2) is 30.3 Å². The van der Waals surface area contributed by atoms with Gasteiger partial charge in [0, 0.05) is 11.8 Å². The molecule has 1 atom stereocenters. The molecule has 0 aliphatic carbocycles. The largest absolute Gasteiger partial charge is 0.471 e. The van der Waals surface area contributed by atoms with E-state index in [0.29, 0.717) is 5.69 Å². The molecule has 1 aromatic heterocycles. The van der Waals surface area contributed by atoms with Crippen molar-refractivity contribution < 1.29 is 27.1 Å². The van der Waals surface area contributed by atoms with Crippen molar-refractivity contribution in [1.82, 2.24) is 10.2 Å². The van der Waals surface area contributed by atoms with Crippen LogP contribution in [0.3, 0.4) is 0 Å². The van der Waals surface area contributed by atoms with Crippen molar-refractivity contribution >= 4 is 17.4 Å². The Bertz CT molecular complexity index is 669. The molecule has 0 spiro atoms. The van der Waals surface area contributed by atoms with Gasteiger partial charge in [-0.25, -0.2) is 4.39 Å². The lowest BCUT2D eigenvalue weighted by molar-refractivity contribution is -0.167. The molecule has 0 fully saturated rings. The molecule has 0 saturated heterocycles. The van der Waals surface area contributed by atoms with Gasteiger partial charge in [0.1, 0.15) is 11.6 Å². The van der Waals surface area contributed by atoms with Crippen LogP contribution in [0.4, 0.5) is 29.1 Å². The zero-order chi connectivity index (χ0) is 17.0. The van der Waals surface area contributed by atoms with Crippen molar-refractivity contribution in [2.24, 2.45) is 0 Å². The highest BCUT2D eigenvalue weighted by Crippen LogP contribution is 2.20. The van der Waals surface area contributed by atoms with E-state index >= 15 is 0 Å². The van der Waals surface area contributed by atoms with Crippen molar-refractivity contribution in [3.05, 3.63) is 36.1 Å². The number of carbonyl (C=O) groups excluding carboxylic acids is 1. The topological polar surface area (TPSA) is 79.0 Å². The second kappa shape index (κ2) is 6.55. The van der Waals surface area contributed by atoms with Gasteiger partial charge in [0.05, 0.1) is 0 Å². The number of halogens is 4. The molecule has 1 heterocycles. The van der Waals surface area contributed by atoms with Crippen LogP contribution in [0.2, 0.25) is 0 Å². The number of hydrogen-bond donors (Lipinski definition) is 3. The second-order valence-corrected chi connectivity index (χ2v) is 4.48. The molecule has 0 aliphatic rings. The molecule has 0 bridgehead atoms. The minimum absolute atomic E-state index is 0.0235. The maximum atomic E-state index is 12.8. The van der Waals surface area contributed by atoms with Gasteiger partial charge < -0.3 is 15.4 Å². The smallest absolute Gasteiger partial charge is 0.453 e. The standard InChI is InChI=1S/C13H12F4N4O2/c1-7(18-9-4-2-8(14)3-5-9)23-11-6-10(20-21-11)19-12(22)13(15,16)17/h2-7,18H,1H3,(H2,19,20,21,22). The molecule has 2 aromatic rings. The highest BCUT2D eigenvalue weighted by atomic mass is 19.4. The number of ether oxygens (including phenoxy) is 1. The molecule has 3 N–H and O–H groups in total. The lowest BCUT2D eigenvalue weighted by atomic mass is 10.3. The number of amides is 1. The van der Waals surface area contributed by atoms with Gasteiger partial charge in [-0.05, 0) is 31.2 Å².